The number of piperazine rings is 1. The van der Waals surface area contributed by atoms with Crippen LogP contribution >= 0.6 is 11.6 Å². The normalized spacial score (nSPS) is 15.7. The first-order chi connectivity index (χ1) is 18.7. The molecule has 39 heavy (non-hydrogen) atoms. The van der Waals surface area contributed by atoms with Crippen LogP contribution in [0.1, 0.15) is 32.4 Å². The minimum atomic E-state index is -0.552. The average molecular weight is 551 g/mol. The Morgan fingerprint density at radius 1 is 1.15 bits per heavy atom. The van der Waals surface area contributed by atoms with Gasteiger partial charge in [0.1, 0.15) is 11.6 Å². The lowest BCUT2D eigenvalue weighted by atomic mass is 10.1. The number of anilines is 1. The average Bonchev–Trinajstić information content (AvgIpc) is 2.92. The van der Waals surface area contributed by atoms with Crippen LogP contribution in [0.25, 0.3) is 28.0 Å². The predicted octanol–water partition coefficient (Wildman–Crippen LogP) is 5.04. The van der Waals surface area contributed by atoms with Gasteiger partial charge in [-0.2, -0.15) is 4.98 Å². The second kappa shape index (κ2) is 10.6. The number of methoxy groups -OCH3 is 1. The molecule has 0 unspecified atom stereocenters. The predicted molar refractivity (Wildman–Crippen MR) is 148 cm³/mol. The van der Waals surface area contributed by atoms with Crippen molar-refractivity contribution in [1.82, 2.24) is 24.4 Å². The SMILES string of the molecule is COC(=O)N1CCN(c2nc(=O)n(-c3cccnc3C(C)C)c3nc(-c4ccccc4F)c(Cl)cc23)[C@@H](C)C1. The number of rotatable bonds is 4. The van der Waals surface area contributed by atoms with Gasteiger partial charge in [-0.15, -0.1) is 0 Å². The molecule has 0 N–H and O–H groups in total. The van der Waals surface area contributed by atoms with Crippen LogP contribution in [0, 0.1) is 5.82 Å². The molecule has 9 nitrogen and oxygen atoms in total. The molecule has 1 atom stereocenters. The first kappa shape index (κ1) is 26.6. The standard InChI is InChI=1S/C28H28ClFN6O3/c1-16(2)23-22(10-7-11-31-23)36-26-19(14-20(29)24(32-26)18-8-5-6-9-21(18)30)25(33-27(36)37)35-13-12-34(15-17(35)3)28(38)39-4/h5-11,14,16-17H,12-13,15H2,1-4H3/t17-/m0/s1. The van der Waals surface area contributed by atoms with Crippen LogP contribution in [0.3, 0.4) is 0 Å². The summed E-state index contributed by atoms with van der Waals surface area (Å²) in [5.74, 6) is -0.0773. The molecule has 202 valence electrons. The van der Waals surface area contributed by atoms with E-state index in [2.05, 4.69) is 9.97 Å². The van der Waals surface area contributed by atoms with E-state index >= 15 is 0 Å². The van der Waals surface area contributed by atoms with Crippen LogP contribution in [-0.2, 0) is 4.74 Å². The number of benzene rings is 1. The minimum Gasteiger partial charge on any atom is -0.453 e. The number of aromatic nitrogens is 4. The highest BCUT2D eigenvalue weighted by Crippen LogP contribution is 2.35. The molecule has 1 amide bonds. The molecular formula is C28H28ClFN6O3. The second-order valence-electron chi connectivity index (χ2n) is 9.74. The summed E-state index contributed by atoms with van der Waals surface area (Å²) in [6.07, 6.45) is 1.26. The number of fused-ring (bicyclic) bond motifs is 1. The lowest BCUT2D eigenvalue weighted by Gasteiger charge is -2.40. The topological polar surface area (TPSA) is 93.5 Å². The van der Waals surface area contributed by atoms with Gasteiger partial charge in [0.05, 0.1) is 34.6 Å². The minimum absolute atomic E-state index is 0.00702. The fraction of sp³-hybridized carbons (Fsp3) is 0.321. The number of amides is 1. The molecule has 1 aliphatic heterocycles. The first-order valence-electron chi connectivity index (χ1n) is 12.6. The summed E-state index contributed by atoms with van der Waals surface area (Å²) < 4.78 is 21.1. The van der Waals surface area contributed by atoms with E-state index < -0.39 is 17.6 Å². The summed E-state index contributed by atoms with van der Waals surface area (Å²) in [5, 5.41) is 0.744. The van der Waals surface area contributed by atoms with Gasteiger partial charge in [-0.05, 0) is 43.2 Å². The molecule has 11 heteroatoms. The van der Waals surface area contributed by atoms with E-state index in [1.54, 1.807) is 47.5 Å². The largest absolute Gasteiger partial charge is 0.453 e. The molecule has 0 aliphatic carbocycles. The third-order valence-corrected chi connectivity index (χ3v) is 7.15. The van der Waals surface area contributed by atoms with Crippen molar-refractivity contribution in [2.45, 2.75) is 32.7 Å². The van der Waals surface area contributed by atoms with Crippen molar-refractivity contribution in [2.75, 3.05) is 31.6 Å². The lowest BCUT2D eigenvalue weighted by Crippen LogP contribution is -2.54. The molecular weight excluding hydrogens is 523 g/mol. The third-order valence-electron chi connectivity index (χ3n) is 6.87. The van der Waals surface area contributed by atoms with Crippen LogP contribution < -0.4 is 10.6 Å². The molecule has 0 saturated carbocycles. The third kappa shape index (κ3) is 4.80. The molecule has 1 aliphatic rings. The van der Waals surface area contributed by atoms with Crippen molar-refractivity contribution in [1.29, 1.82) is 0 Å². The Balaban J connectivity index is 1.78. The van der Waals surface area contributed by atoms with Gasteiger partial charge < -0.3 is 14.5 Å². The van der Waals surface area contributed by atoms with Crippen LogP contribution in [0.2, 0.25) is 5.02 Å². The van der Waals surface area contributed by atoms with Crippen LogP contribution in [0.15, 0.2) is 53.5 Å². The molecule has 4 aromatic rings. The van der Waals surface area contributed by atoms with Crippen LogP contribution in [0.5, 0.6) is 0 Å². The maximum Gasteiger partial charge on any atom is 0.409 e. The Morgan fingerprint density at radius 2 is 1.92 bits per heavy atom. The van der Waals surface area contributed by atoms with Gasteiger partial charge in [0, 0.05) is 37.4 Å². The molecule has 0 spiro atoms. The molecule has 1 saturated heterocycles. The van der Waals surface area contributed by atoms with Gasteiger partial charge in [-0.1, -0.05) is 37.6 Å². The fourth-order valence-electron chi connectivity index (χ4n) is 4.99. The highest BCUT2D eigenvalue weighted by molar-refractivity contribution is 6.33. The van der Waals surface area contributed by atoms with Crippen molar-refractivity contribution < 1.29 is 13.9 Å². The van der Waals surface area contributed by atoms with E-state index in [9.17, 15) is 14.0 Å². The van der Waals surface area contributed by atoms with Gasteiger partial charge in [-0.25, -0.2) is 23.5 Å². The molecule has 1 fully saturated rings. The summed E-state index contributed by atoms with van der Waals surface area (Å²) in [4.78, 5) is 43.2. The summed E-state index contributed by atoms with van der Waals surface area (Å²) in [5.41, 5.74) is 1.40. The van der Waals surface area contributed by atoms with Crippen molar-refractivity contribution >= 4 is 34.5 Å². The summed E-state index contributed by atoms with van der Waals surface area (Å²) in [7, 11) is 1.35. The Bertz CT molecular complexity index is 1630. The number of halogens is 2. The number of pyridine rings is 2. The Kier molecular flexibility index (Phi) is 7.22. The smallest absolute Gasteiger partial charge is 0.409 e. The molecule has 5 rings (SSSR count). The number of ether oxygens (including phenoxy) is 1. The summed E-state index contributed by atoms with van der Waals surface area (Å²) in [6.45, 7) is 7.09. The Hall–Kier alpha value is -4.05. The monoisotopic (exact) mass is 550 g/mol. The maximum atomic E-state index is 14.8. The highest BCUT2D eigenvalue weighted by Gasteiger charge is 2.31. The summed E-state index contributed by atoms with van der Waals surface area (Å²) in [6, 6.07) is 11.3. The number of nitrogens with zero attached hydrogens (tertiary/aromatic N) is 6. The molecule has 0 radical (unpaired) electrons. The van der Waals surface area contributed by atoms with Gasteiger partial charge in [0.25, 0.3) is 0 Å². The molecule has 1 aromatic carbocycles. The number of hydrogen-bond acceptors (Lipinski definition) is 7. The maximum absolute atomic E-state index is 14.8. The lowest BCUT2D eigenvalue weighted by molar-refractivity contribution is 0.115. The molecule has 0 bridgehead atoms. The quantitative estimate of drug-likeness (QED) is 0.351. The van der Waals surface area contributed by atoms with Crippen LogP contribution in [0.4, 0.5) is 15.0 Å². The molecule has 4 heterocycles. The van der Waals surface area contributed by atoms with Crippen molar-refractivity contribution in [3.63, 3.8) is 0 Å². The van der Waals surface area contributed by atoms with Crippen LogP contribution in [-0.4, -0.2) is 63.3 Å². The molecule has 3 aromatic heterocycles. The zero-order chi connectivity index (χ0) is 27.8. The van der Waals surface area contributed by atoms with E-state index in [0.717, 1.165) is 0 Å². The Labute approximate surface area is 229 Å². The fourth-order valence-corrected chi connectivity index (χ4v) is 5.25. The van der Waals surface area contributed by atoms with E-state index in [0.29, 0.717) is 42.2 Å². The zero-order valence-corrected chi connectivity index (χ0v) is 22.8. The number of carbonyl (C=O) groups excluding carboxylic acids is 1. The van der Waals surface area contributed by atoms with Gasteiger partial charge in [0.2, 0.25) is 0 Å². The van der Waals surface area contributed by atoms with Gasteiger partial charge in [0.15, 0.2) is 5.65 Å². The highest BCUT2D eigenvalue weighted by atomic mass is 35.5. The number of hydrogen-bond donors (Lipinski definition) is 0. The summed E-state index contributed by atoms with van der Waals surface area (Å²) >= 11 is 6.72. The van der Waals surface area contributed by atoms with Gasteiger partial charge >= 0.3 is 11.8 Å². The van der Waals surface area contributed by atoms with E-state index in [4.69, 9.17) is 21.3 Å². The Morgan fingerprint density at radius 3 is 2.62 bits per heavy atom. The van der Waals surface area contributed by atoms with Crippen molar-refractivity contribution in [3.05, 3.63) is 75.7 Å². The zero-order valence-electron chi connectivity index (χ0n) is 22.1. The second-order valence-corrected chi connectivity index (χ2v) is 10.2. The van der Waals surface area contributed by atoms with Crippen molar-refractivity contribution in [2.24, 2.45) is 0 Å². The van der Waals surface area contributed by atoms with Crippen molar-refractivity contribution in [3.8, 4) is 16.9 Å². The van der Waals surface area contributed by atoms with E-state index in [1.165, 1.54) is 17.7 Å². The van der Waals surface area contributed by atoms with E-state index in [-0.39, 0.29) is 33.9 Å². The van der Waals surface area contributed by atoms with Gasteiger partial charge in [-0.3, -0.25) is 4.98 Å². The number of carbonyl (C=O) groups is 1. The van der Waals surface area contributed by atoms with E-state index in [1.807, 2.05) is 25.7 Å². The first-order valence-corrected chi connectivity index (χ1v) is 13.0.